The van der Waals surface area contributed by atoms with Gasteiger partial charge in [0.25, 0.3) is 0 Å². The van der Waals surface area contributed by atoms with Crippen molar-refractivity contribution >= 4 is 0 Å². The van der Waals surface area contributed by atoms with E-state index in [1.54, 1.807) is 30.1 Å². The van der Waals surface area contributed by atoms with E-state index >= 15 is 0 Å². The van der Waals surface area contributed by atoms with E-state index in [0.29, 0.717) is 17.3 Å². The van der Waals surface area contributed by atoms with Crippen LogP contribution in [0.4, 0.5) is 0 Å². The van der Waals surface area contributed by atoms with Crippen LogP contribution in [-0.4, -0.2) is 32.0 Å². The molecule has 0 aromatic carbocycles. The summed E-state index contributed by atoms with van der Waals surface area (Å²) in [5.74, 6) is 0.422. The number of hydrogen-bond acceptors (Lipinski definition) is 5. The molecule has 0 amide bonds. The highest BCUT2D eigenvalue weighted by Gasteiger charge is 2.16. The second kappa shape index (κ2) is 4.28. The zero-order chi connectivity index (χ0) is 11.5. The topological polar surface area (TPSA) is 73.1 Å². The average molecular weight is 220 g/mol. The van der Waals surface area contributed by atoms with Crippen molar-refractivity contribution in [3.63, 3.8) is 0 Å². The van der Waals surface area contributed by atoms with E-state index in [0.717, 1.165) is 0 Å². The van der Waals surface area contributed by atoms with Gasteiger partial charge in [-0.25, -0.2) is 9.97 Å². The van der Waals surface area contributed by atoms with Gasteiger partial charge in [-0.2, -0.15) is 5.10 Å². The van der Waals surface area contributed by atoms with Crippen molar-refractivity contribution in [2.75, 3.05) is 7.11 Å². The maximum Gasteiger partial charge on any atom is 0.216 e. The number of nitrogens with zero attached hydrogens (tertiary/aromatic N) is 4. The Morgan fingerprint density at radius 2 is 2.25 bits per heavy atom. The molecule has 6 nitrogen and oxygen atoms in total. The zero-order valence-corrected chi connectivity index (χ0v) is 9.03. The van der Waals surface area contributed by atoms with Gasteiger partial charge in [0.15, 0.2) is 0 Å². The van der Waals surface area contributed by atoms with Gasteiger partial charge in [0.05, 0.1) is 18.5 Å². The molecule has 84 valence electrons. The largest absolute Gasteiger partial charge is 0.481 e. The highest BCUT2D eigenvalue weighted by atomic mass is 16.5. The maximum atomic E-state index is 10.1. The summed E-state index contributed by atoms with van der Waals surface area (Å²) in [6.45, 7) is 0. The van der Waals surface area contributed by atoms with Crippen molar-refractivity contribution in [1.29, 1.82) is 0 Å². The van der Waals surface area contributed by atoms with Gasteiger partial charge in [-0.1, -0.05) is 0 Å². The van der Waals surface area contributed by atoms with Crippen molar-refractivity contribution < 1.29 is 9.84 Å². The van der Waals surface area contributed by atoms with Crippen molar-refractivity contribution in [2.24, 2.45) is 7.05 Å². The van der Waals surface area contributed by atoms with Crippen LogP contribution in [0.2, 0.25) is 0 Å². The number of aliphatic hydroxyl groups is 1. The Balaban J connectivity index is 2.33. The molecule has 1 unspecified atom stereocenters. The molecule has 2 rings (SSSR count). The summed E-state index contributed by atoms with van der Waals surface area (Å²) in [6, 6.07) is 3.33. The maximum absolute atomic E-state index is 10.1. The van der Waals surface area contributed by atoms with Gasteiger partial charge in [0.2, 0.25) is 5.88 Å². The van der Waals surface area contributed by atoms with Gasteiger partial charge in [-0.15, -0.1) is 0 Å². The number of aryl methyl sites for hydroxylation is 1. The first-order valence-electron chi connectivity index (χ1n) is 4.74. The molecule has 0 aliphatic heterocycles. The fourth-order valence-electron chi connectivity index (χ4n) is 1.42. The van der Waals surface area contributed by atoms with E-state index in [9.17, 15) is 5.11 Å². The van der Waals surface area contributed by atoms with E-state index < -0.39 is 6.10 Å². The van der Waals surface area contributed by atoms with E-state index in [4.69, 9.17) is 4.74 Å². The molecule has 0 saturated heterocycles. The molecule has 16 heavy (non-hydrogen) atoms. The molecule has 0 bridgehead atoms. The smallest absolute Gasteiger partial charge is 0.216 e. The summed E-state index contributed by atoms with van der Waals surface area (Å²) in [5, 5.41) is 14.1. The van der Waals surface area contributed by atoms with Crippen molar-refractivity contribution in [3.8, 4) is 5.88 Å². The minimum absolute atomic E-state index is 0.422. The summed E-state index contributed by atoms with van der Waals surface area (Å²) in [7, 11) is 3.28. The third-order valence-corrected chi connectivity index (χ3v) is 2.29. The van der Waals surface area contributed by atoms with Gasteiger partial charge in [-0.05, 0) is 6.07 Å². The third kappa shape index (κ3) is 1.87. The number of methoxy groups -OCH3 is 1. The Hall–Kier alpha value is -1.95. The van der Waals surface area contributed by atoms with Crippen molar-refractivity contribution in [3.05, 3.63) is 36.0 Å². The molecule has 1 N–H and O–H groups in total. The first kappa shape index (κ1) is 10.6. The fourth-order valence-corrected chi connectivity index (χ4v) is 1.42. The first-order valence-corrected chi connectivity index (χ1v) is 4.74. The molecule has 2 aromatic heterocycles. The highest BCUT2D eigenvalue weighted by molar-refractivity contribution is 5.22. The molecule has 0 aliphatic rings. The van der Waals surface area contributed by atoms with Gasteiger partial charge in [0, 0.05) is 19.3 Å². The Kier molecular flexibility index (Phi) is 2.82. The Labute approximate surface area is 92.5 Å². The van der Waals surface area contributed by atoms with Crippen LogP contribution in [0.1, 0.15) is 17.5 Å². The van der Waals surface area contributed by atoms with Gasteiger partial charge >= 0.3 is 0 Å². The number of rotatable bonds is 3. The SMILES string of the molecule is COc1cc(C(O)c2ccnn2C)ncn1. The summed E-state index contributed by atoms with van der Waals surface area (Å²) in [6.07, 6.45) is 2.15. The van der Waals surface area contributed by atoms with Crippen LogP contribution < -0.4 is 4.74 Å². The summed E-state index contributed by atoms with van der Waals surface area (Å²) >= 11 is 0. The molecule has 2 aromatic rings. The average Bonchev–Trinajstić information content (AvgIpc) is 2.74. The van der Waals surface area contributed by atoms with Crippen LogP contribution >= 0.6 is 0 Å². The van der Waals surface area contributed by atoms with Gasteiger partial charge in [-0.3, -0.25) is 4.68 Å². The quantitative estimate of drug-likeness (QED) is 0.805. The lowest BCUT2D eigenvalue weighted by Crippen LogP contribution is -2.08. The van der Waals surface area contributed by atoms with Crippen LogP contribution in [0, 0.1) is 0 Å². The number of ether oxygens (including phenoxy) is 1. The van der Waals surface area contributed by atoms with Crippen LogP contribution in [0.5, 0.6) is 5.88 Å². The second-order valence-corrected chi connectivity index (χ2v) is 3.27. The summed E-state index contributed by atoms with van der Waals surface area (Å²) in [5.41, 5.74) is 1.15. The van der Waals surface area contributed by atoms with Crippen molar-refractivity contribution in [1.82, 2.24) is 19.7 Å². The zero-order valence-electron chi connectivity index (χ0n) is 9.03. The van der Waals surface area contributed by atoms with E-state index in [2.05, 4.69) is 15.1 Å². The molecule has 0 spiro atoms. The lowest BCUT2D eigenvalue weighted by Gasteiger charge is -2.10. The minimum atomic E-state index is -0.829. The molecule has 0 saturated carbocycles. The summed E-state index contributed by atoms with van der Waals surface area (Å²) in [4.78, 5) is 7.88. The molecule has 0 radical (unpaired) electrons. The molecule has 6 heteroatoms. The molecule has 1 atom stereocenters. The number of hydrogen-bond donors (Lipinski definition) is 1. The van der Waals surface area contributed by atoms with Gasteiger partial charge < -0.3 is 9.84 Å². The molecule has 0 aliphatic carbocycles. The predicted molar refractivity (Wildman–Crippen MR) is 55.9 cm³/mol. The lowest BCUT2D eigenvalue weighted by molar-refractivity contribution is 0.204. The number of aromatic nitrogens is 4. The highest BCUT2D eigenvalue weighted by Crippen LogP contribution is 2.20. The minimum Gasteiger partial charge on any atom is -0.481 e. The lowest BCUT2D eigenvalue weighted by atomic mass is 10.2. The van der Waals surface area contributed by atoms with E-state index in [-0.39, 0.29) is 0 Å². The summed E-state index contributed by atoms with van der Waals surface area (Å²) < 4.78 is 6.56. The Morgan fingerprint density at radius 3 is 2.88 bits per heavy atom. The van der Waals surface area contributed by atoms with Crippen LogP contribution in [0.25, 0.3) is 0 Å². The van der Waals surface area contributed by atoms with Gasteiger partial charge in [0.1, 0.15) is 12.4 Å². The third-order valence-electron chi connectivity index (χ3n) is 2.29. The monoisotopic (exact) mass is 220 g/mol. The molecular formula is C10H12N4O2. The van der Waals surface area contributed by atoms with E-state index in [1.165, 1.54) is 13.4 Å². The second-order valence-electron chi connectivity index (χ2n) is 3.27. The first-order chi connectivity index (χ1) is 7.72. The Morgan fingerprint density at radius 1 is 1.44 bits per heavy atom. The van der Waals surface area contributed by atoms with Crippen LogP contribution in [-0.2, 0) is 7.05 Å². The molecule has 2 heterocycles. The van der Waals surface area contributed by atoms with Crippen molar-refractivity contribution in [2.45, 2.75) is 6.10 Å². The molecule has 0 fully saturated rings. The Bertz CT molecular complexity index is 483. The standard InChI is InChI=1S/C10H12N4O2/c1-14-8(3-4-13-14)10(15)7-5-9(16-2)12-6-11-7/h3-6,10,15H,1-2H3. The molecular weight excluding hydrogens is 208 g/mol. The normalized spacial score (nSPS) is 12.4. The fraction of sp³-hybridized carbons (Fsp3) is 0.300. The predicted octanol–water partition coefficient (Wildman–Crippen LogP) is 0.300. The van der Waals surface area contributed by atoms with E-state index in [1.807, 2.05) is 0 Å². The number of aliphatic hydroxyl groups excluding tert-OH is 1. The van der Waals surface area contributed by atoms with Crippen LogP contribution in [0.15, 0.2) is 24.7 Å². The van der Waals surface area contributed by atoms with Crippen LogP contribution in [0.3, 0.4) is 0 Å².